The number of amides is 1. The molecule has 3 aromatic rings. The van der Waals surface area contributed by atoms with Gasteiger partial charge >= 0.3 is 0 Å². The Bertz CT molecular complexity index is 1140. The highest BCUT2D eigenvalue weighted by atomic mass is 16.5. The SMILES string of the molecule is COc1ccc(-c2ccc(=O)n3c2C2CC(CN(C(=O)c4ccccc4)C2)C3)cc1. The molecule has 2 aromatic carbocycles. The average molecular weight is 400 g/mol. The van der Waals surface area contributed by atoms with E-state index in [1.807, 2.05) is 70.1 Å². The average Bonchev–Trinajstić information content (AvgIpc) is 2.80. The largest absolute Gasteiger partial charge is 0.497 e. The molecule has 2 atom stereocenters. The van der Waals surface area contributed by atoms with Gasteiger partial charge in [-0.25, -0.2) is 0 Å². The van der Waals surface area contributed by atoms with Gasteiger partial charge in [0.1, 0.15) is 5.75 Å². The number of methoxy groups -OCH3 is 1. The van der Waals surface area contributed by atoms with Crippen LogP contribution in [0.2, 0.25) is 0 Å². The molecule has 2 unspecified atom stereocenters. The summed E-state index contributed by atoms with van der Waals surface area (Å²) in [6.07, 6.45) is 1.01. The van der Waals surface area contributed by atoms with E-state index in [0.29, 0.717) is 25.6 Å². The van der Waals surface area contributed by atoms with E-state index in [4.69, 9.17) is 4.74 Å². The maximum absolute atomic E-state index is 13.1. The van der Waals surface area contributed by atoms with E-state index in [1.54, 1.807) is 13.2 Å². The van der Waals surface area contributed by atoms with Crippen LogP contribution in [0.25, 0.3) is 11.1 Å². The van der Waals surface area contributed by atoms with Gasteiger partial charge in [-0.1, -0.05) is 30.3 Å². The van der Waals surface area contributed by atoms with Gasteiger partial charge in [0.25, 0.3) is 11.5 Å². The van der Waals surface area contributed by atoms with E-state index in [1.165, 1.54) is 0 Å². The second kappa shape index (κ2) is 7.48. The molecule has 5 nitrogen and oxygen atoms in total. The van der Waals surface area contributed by atoms with E-state index in [9.17, 15) is 9.59 Å². The Morgan fingerprint density at radius 2 is 1.70 bits per heavy atom. The number of hydrogen-bond donors (Lipinski definition) is 0. The molecule has 0 spiro atoms. The lowest BCUT2D eigenvalue weighted by Crippen LogP contribution is -2.49. The first-order chi connectivity index (χ1) is 14.6. The van der Waals surface area contributed by atoms with Crippen molar-refractivity contribution in [3.05, 3.63) is 88.3 Å². The van der Waals surface area contributed by atoms with Crippen molar-refractivity contribution >= 4 is 5.91 Å². The summed E-state index contributed by atoms with van der Waals surface area (Å²) in [6, 6.07) is 21.0. The molecule has 2 aliphatic rings. The molecular formula is C25H24N2O3. The number of aromatic nitrogens is 1. The van der Waals surface area contributed by atoms with Crippen LogP contribution in [0, 0.1) is 5.92 Å². The van der Waals surface area contributed by atoms with Crippen molar-refractivity contribution in [2.45, 2.75) is 18.9 Å². The minimum absolute atomic E-state index is 0.0415. The number of likely N-dealkylation sites (tertiary alicyclic amines) is 1. The molecule has 0 saturated carbocycles. The number of piperidine rings is 1. The van der Waals surface area contributed by atoms with E-state index in [0.717, 1.165) is 34.6 Å². The number of fused-ring (bicyclic) bond motifs is 4. The first kappa shape index (κ1) is 18.7. The van der Waals surface area contributed by atoms with Crippen LogP contribution in [0.3, 0.4) is 0 Å². The predicted octanol–water partition coefficient (Wildman–Crippen LogP) is 3.78. The zero-order chi connectivity index (χ0) is 20.7. The van der Waals surface area contributed by atoms with Crippen LogP contribution in [0.15, 0.2) is 71.5 Å². The van der Waals surface area contributed by atoms with Crippen LogP contribution < -0.4 is 10.3 Å². The van der Waals surface area contributed by atoms with E-state index in [-0.39, 0.29) is 17.4 Å². The molecule has 5 heteroatoms. The molecule has 2 aliphatic heterocycles. The number of rotatable bonds is 3. The summed E-state index contributed by atoms with van der Waals surface area (Å²) in [5.41, 5.74) is 3.94. The van der Waals surface area contributed by atoms with Crippen LogP contribution in [-0.4, -0.2) is 35.6 Å². The molecule has 3 heterocycles. The fraction of sp³-hybridized carbons (Fsp3) is 0.280. The topological polar surface area (TPSA) is 51.5 Å². The molecule has 1 fully saturated rings. The second-order valence-corrected chi connectivity index (χ2v) is 8.18. The monoisotopic (exact) mass is 400 g/mol. The molecule has 0 N–H and O–H groups in total. The first-order valence-corrected chi connectivity index (χ1v) is 10.4. The van der Waals surface area contributed by atoms with Crippen molar-refractivity contribution in [3.63, 3.8) is 0 Å². The normalized spacial score (nSPS) is 19.8. The number of carbonyl (C=O) groups excluding carboxylic acids is 1. The molecule has 152 valence electrons. The maximum Gasteiger partial charge on any atom is 0.253 e. The smallest absolute Gasteiger partial charge is 0.253 e. The Kier molecular flexibility index (Phi) is 4.66. The first-order valence-electron chi connectivity index (χ1n) is 10.4. The Balaban J connectivity index is 1.53. The second-order valence-electron chi connectivity index (χ2n) is 8.18. The van der Waals surface area contributed by atoms with Gasteiger partial charge in [0.15, 0.2) is 0 Å². The van der Waals surface area contributed by atoms with Gasteiger partial charge in [0, 0.05) is 48.4 Å². The number of carbonyl (C=O) groups is 1. The molecular weight excluding hydrogens is 376 g/mol. The third-order valence-electron chi connectivity index (χ3n) is 6.30. The maximum atomic E-state index is 13.1. The van der Waals surface area contributed by atoms with Gasteiger partial charge < -0.3 is 14.2 Å². The Labute approximate surface area is 175 Å². The zero-order valence-corrected chi connectivity index (χ0v) is 17.0. The standard InChI is InChI=1S/C25H24N2O3/c1-30-21-9-7-18(8-10-21)22-11-12-23(28)27-15-17-13-20(24(22)27)16-26(14-17)25(29)19-5-3-2-4-6-19/h2-12,17,20H,13-16H2,1H3. The molecule has 1 aromatic heterocycles. The van der Waals surface area contributed by atoms with Gasteiger partial charge in [0.05, 0.1) is 7.11 Å². The van der Waals surface area contributed by atoms with Crippen LogP contribution in [-0.2, 0) is 6.54 Å². The van der Waals surface area contributed by atoms with Gasteiger partial charge in [-0.05, 0) is 48.2 Å². The summed E-state index contributed by atoms with van der Waals surface area (Å²) in [5, 5.41) is 0. The number of ether oxygens (including phenoxy) is 1. The predicted molar refractivity (Wildman–Crippen MR) is 116 cm³/mol. The van der Waals surface area contributed by atoms with Gasteiger partial charge in [-0.15, -0.1) is 0 Å². The summed E-state index contributed by atoms with van der Waals surface area (Å²) in [6.45, 7) is 1.99. The van der Waals surface area contributed by atoms with Gasteiger partial charge in [0.2, 0.25) is 0 Å². The van der Waals surface area contributed by atoms with Gasteiger partial charge in [-0.2, -0.15) is 0 Å². The molecule has 30 heavy (non-hydrogen) atoms. The molecule has 1 amide bonds. The third kappa shape index (κ3) is 3.20. The summed E-state index contributed by atoms with van der Waals surface area (Å²) in [5.74, 6) is 1.32. The van der Waals surface area contributed by atoms with E-state index in [2.05, 4.69) is 0 Å². The Hall–Kier alpha value is -3.34. The molecule has 5 rings (SSSR count). The highest BCUT2D eigenvalue weighted by Gasteiger charge is 2.38. The van der Waals surface area contributed by atoms with Crippen molar-refractivity contribution in [2.24, 2.45) is 5.92 Å². The van der Waals surface area contributed by atoms with Crippen molar-refractivity contribution in [3.8, 4) is 16.9 Å². The molecule has 0 radical (unpaired) electrons. The quantitative estimate of drug-likeness (QED) is 0.672. The van der Waals surface area contributed by atoms with Crippen LogP contribution in [0.5, 0.6) is 5.75 Å². The molecule has 1 saturated heterocycles. The lowest BCUT2D eigenvalue weighted by molar-refractivity contribution is 0.0595. The van der Waals surface area contributed by atoms with Crippen molar-refractivity contribution in [2.75, 3.05) is 20.2 Å². The molecule has 2 bridgehead atoms. The zero-order valence-electron chi connectivity index (χ0n) is 17.0. The summed E-state index contributed by atoms with van der Waals surface area (Å²) >= 11 is 0. The summed E-state index contributed by atoms with van der Waals surface area (Å²) in [7, 11) is 1.65. The third-order valence-corrected chi connectivity index (χ3v) is 6.30. The summed E-state index contributed by atoms with van der Waals surface area (Å²) in [4.78, 5) is 27.7. The van der Waals surface area contributed by atoms with Crippen LogP contribution in [0.4, 0.5) is 0 Å². The molecule has 0 aliphatic carbocycles. The highest BCUT2D eigenvalue weighted by Crippen LogP contribution is 2.40. The van der Waals surface area contributed by atoms with E-state index < -0.39 is 0 Å². The van der Waals surface area contributed by atoms with Gasteiger partial charge in [-0.3, -0.25) is 9.59 Å². The highest BCUT2D eigenvalue weighted by molar-refractivity contribution is 5.94. The fourth-order valence-corrected chi connectivity index (χ4v) is 4.96. The van der Waals surface area contributed by atoms with Crippen LogP contribution in [0.1, 0.15) is 28.4 Å². The van der Waals surface area contributed by atoms with Crippen molar-refractivity contribution in [1.82, 2.24) is 9.47 Å². The number of benzene rings is 2. The van der Waals surface area contributed by atoms with Crippen molar-refractivity contribution in [1.29, 1.82) is 0 Å². The number of pyridine rings is 1. The Morgan fingerprint density at radius 3 is 2.43 bits per heavy atom. The number of hydrogen-bond acceptors (Lipinski definition) is 3. The van der Waals surface area contributed by atoms with Crippen LogP contribution >= 0.6 is 0 Å². The summed E-state index contributed by atoms with van der Waals surface area (Å²) < 4.78 is 7.22. The minimum atomic E-state index is 0.0415. The number of nitrogens with zero attached hydrogens (tertiary/aromatic N) is 2. The fourth-order valence-electron chi connectivity index (χ4n) is 4.96. The van der Waals surface area contributed by atoms with Crippen molar-refractivity contribution < 1.29 is 9.53 Å². The lowest BCUT2D eigenvalue weighted by Gasteiger charge is -2.43. The lowest BCUT2D eigenvalue weighted by atomic mass is 9.80. The van der Waals surface area contributed by atoms with E-state index >= 15 is 0 Å². The minimum Gasteiger partial charge on any atom is -0.497 e. The Morgan fingerprint density at radius 1 is 0.933 bits per heavy atom.